The summed E-state index contributed by atoms with van der Waals surface area (Å²) in [5.41, 5.74) is 2.65. The molecule has 0 saturated heterocycles. The van der Waals surface area contributed by atoms with Crippen molar-refractivity contribution in [3.05, 3.63) is 17.7 Å². The summed E-state index contributed by atoms with van der Waals surface area (Å²) in [6, 6.07) is 0. The molecule has 1 aromatic rings. The van der Waals surface area contributed by atoms with E-state index >= 15 is 0 Å². The molecule has 0 unspecified atom stereocenters. The smallest absolute Gasteiger partial charge is 0.0952 e. The Morgan fingerprint density at radius 3 is 3.29 bits per heavy atom. The Kier molecular flexibility index (Phi) is 3.43. The lowest BCUT2D eigenvalue weighted by molar-refractivity contribution is 0.119. The van der Waals surface area contributed by atoms with Crippen molar-refractivity contribution in [3.63, 3.8) is 0 Å². The summed E-state index contributed by atoms with van der Waals surface area (Å²) in [7, 11) is 0. The molecule has 4 heteroatoms. The predicted octanol–water partition coefficient (Wildman–Crippen LogP) is 1.35. The normalized spacial score (nSPS) is 19.3. The van der Waals surface area contributed by atoms with Crippen molar-refractivity contribution in [3.8, 4) is 0 Å². The molecule has 1 aliphatic carbocycles. The summed E-state index contributed by atoms with van der Waals surface area (Å²) in [4.78, 5) is 4.45. The fourth-order valence-electron chi connectivity index (χ4n) is 2.36. The number of hydrogen-bond donors (Lipinski definition) is 1. The van der Waals surface area contributed by atoms with E-state index in [-0.39, 0.29) is 0 Å². The third-order valence-electron chi connectivity index (χ3n) is 3.60. The molecule has 1 N–H and O–H groups in total. The van der Waals surface area contributed by atoms with Crippen LogP contribution in [0.3, 0.4) is 0 Å². The van der Waals surface area contributed by atoms with E-state index in [4.69, 9.17) is 4.74 Å². The Balaban J connectivity index is 1.42. The van der Waals surface area contributed by atoms with Crippen LogP contribution in [0.5, 0.6) is 0 Å². The highest BCUT2D eigenvalue weighted by molar-refractivity contribution is 5.16. The molecule has 1 fully saturated rings. The highest BCUT2D eigenvalue weighted by atomic mass is 16.5. The third-order valence-corrected chi connectivity index (χ3v) is 3.60. The first kappa shape index (κ1) is 11.2. The highest BCUT2D eigenvalue weighted by Gasteiger charge is 2.21. The zero-order valence-electron chi connectivity index (χ0n) is 10.3. The molecule has 4 nitrogen and oxygen atoms in total. The standard InChI is InChI=1S/C13H21N3O/c1(7-17-9-11-2-3-11)6-16-10-15-12-8-14-5-4-13(12)16/h10-11,14H,1-9H2. The molecule has 94 valence electrons. The van der Waals surface area contributed by atoms with Gasteiger partial charge in [0.1, 0.15) is 0 Å². The van der Waals surface area contributed by atoms with Gasteiger partial charge >= 0.3 is 0 Å². The Bertz CT molecular complexity index is 371. The maximum atomic E-state index is 5.65. The van der Waals surface area contributed by atoms with Gasteiger partial charge < -0.3 is 14.6 Å². The van der Waals surface area contributed by atoms with E-state index in [1.54, 1.807) is 0 Å². The summed E-state index contributed by atoms with van der Waals surface area (Å²) in [6.07, 6.45) is 6.95. The average molecular weight is 235 g/mol. The number of ether oxygens (including phenoxy) is 1. The van der Waals surface area contributed by atoms with Crippen molar-refractivity contribution < 1.29 is 4.74 Å². The van der Waals surface area contributed by atoms with Crippen molar-refractivity contribution in [1.82, 2.24) is 14.9 Å². The Morgan fingerprint density at radius 1 is 1.47 bits per heavy atom. The molecule has 0 radical (unpaired) electrons. The number of aryl methyl sites for hydroxylation is 1. The van der Waals surface area contributed by atoms with Gasteiger partial charge in [0.2, 0.25) is 0 Å². The van der Waals surface area contributed by atoms with Gasteiger partial charge in [0.05, 0.1) is 12.0 Å². The molecule has 1 aliphatic heterocycles. The lowest BCUT2D eigenvalue weighted by atomic mass is 10.2. The molecule has 17 heavy (non-hydrogen) atoms. The number of nitrogens with one attached hydrogen (secondary N) is 1. The summed E-state index contributed by atoms with van der Waals surface area (Å²) in [5.74, 6) is 0.877. The second-order valence-corrected chi connectivity index (χ2v) is 5.13. The molecular formula is C13H21N3O. The first-order valence-electron chi connectivity index (χ1n) is 6.75. The summed E-state index contributed by atoms with van der Waals surface area (Å²) in [6.45, 7) is 4.93. The second-order valence-electron chi connectivity index (χ2n) is 5.13. The Labute approximate surface area is 102 Å². The number of fused-ring (bicyclic) bond motifs is 1. The van der Waals surface area contributed by atoms with Gasteiger partial charge in [0.15, 0.2) is 0 Å². The number of aromatic nitrogens is 2. The molecule has 1 saturated carbocycles. The minimum atomic E-state index is 0.877. The van der Waals surface area contributed by atoms with Crippen LogP contribution < -0.4 is 5.32 Å². The van der Waals surface area contributed by atoms with Gasteiger partial charge in [-0.05, 0) is 25.2 Å². The quantitative estimate of drug-likeness (QED) is 0.756. The molecular weight excluding hydrogens is 214 g/mol. The maximum absolute atomic E-state index is 5.65. The summed E-state index contributed by atoms with van der Waals surface area (Å²) >= 11 is 0. The van der Waals surface area contributed by atoms with Crippen molar-refractivity contribution >= 4 is 0 Å². The Morgan fingerprint density at radius 2 is 2.41 bits per heavy atom. The van der Waals surface area contributed by atoms with Crippen LogP contribution >= 0.6 is 0 Å². The zero-order valence-corrected chi connectivity index (χ0v) is 10.3. The molecule has 0 spiro atoms. The largest absolute Gasteiger partial charge is 0.381 e. The molecule has 0 bridgehead atoms. The minimum absolute atomic E-state index is 0.877. The predicted molar refractivity (Wildman–Crippen MR) is 65.8 cm³/mol. The van der Waals surface area contributed by atoms with Crippen molar-refractivity contribution in [1.29, 1.82) is 0 Å². The van der Waals surface area contributed by atoms with E-state index in [1.165, 1.54) is 24.2 Å². The SMILES string of the molecule is c1nc2c(n1CCCOCC1CC1)CCNC2. The van der Waals surface area contributed by atoms with Gasteiger partial charge in [-0.25, -0.2) is 4.98 Å². The van der Waals surface area contributed by atoms with Gasteiger partial charge in [-0.15, -0.1) is 0 Å². The number of imidazole rings is 1. The molecule has 2 aliphatic rings. The molecule has 2 heterocycles. The average Bonchev–Trinajstić information content (AvgIpc) is 3.09. The van der Waals surface area contributed by atoms with Crippen molar-refractivity contribution in [2.75, 3.05) is 19.8 Å². The zero-order chi connectivity index (χ0) is 11.5. The van der Waals surface area contributed by atoms with E-state index in [1.807, 2.05) is 6.33 Å². The van der Waals surface area contributed by atoms with E-state index in [0.29, 0.717) is 0 Å². The van der Waals surface area contributed by atoms with E-state index < -0.39 is 0 Å². The number of rotatable bonds is 6. The van der Waals surface area contributed by atoms with Gasteiger partial charge in [-0.3, -0.25) is 0 Å². The summed E-state index contributed by atoms with van der Waals surface area (Å²) in [5, 5.41) is 3.35. The minimum Gasteiger partial charge on any atom is -0.381 e. The summed E-state index contributed by atoms with van der Waals surface area (Å²) < 4.78 is 7.96. The van der Waals surface area contributed by atoms with Crippen LogP contribution in [0.1, 0.15) is 30.7 Å². The van der Waals surface area contributed by atoms with Crippen LogP contribution in [0.2, 0.25) is 0 Å². The van der Waals surface area contributed by atoms with E-state index in [0.717, 1.165) is 51.6 Å². The van der Waals surface area contributed by atoms with Gasteiger partial charge in [-0.1, -0.05) is 0 Å². The van der Waals surface area contributed by atoms with Gasteiger partial charge in [0.25, 0.3) is 0 Å². The fourth-order valence-corrected chi connectivity index (χ4v) is 2.36. The van der Waals surface area contributed by atoms with Gasteiger partial charge in [-0.2, -0.15) is 0 Å². The lowest BCUT2D eigenvalue weighted by Crippen LogP contribution is -2.25. The van der Waals surface area contributed by atoms with Crippen molar-refractivity contribution in [2.24, 2.45) is 5.92 Å². The van der Waals surface area contributed by atoms with Crippen molar-refractivity contribution in [2.45, 2.75) is 38.8 Å². The molecule has 0 aromatic carbocycles. The molecule has 0 amide bonds. The second kappa shape index (κ2) is 5.19. The van der Waals surface area contributed by atoms with Crippen LogP contribution in [0.15, 0.2) is 6.33 Å². The maximum Gasteiger partial charge on any atom is 0.0952 e. The van der Waals surface area contributed by atoms with E-state index in [9.17, 15) is 0 Å². The van der Waals surface area contributed by atoms with Crippen LogP contribution in [-0.2, 0) is 24.2 Å². The molecule has 3 rings (SSSR count). The number of nitrogens with zero attached hydrogens (tertiary/aromatic N) is 2. The van der Waals surface area contributed by atoms with Gasteiger partial charge in [0, 0.05) is 45.0 Å². The monoisotopic (exact) mass is 235 g/mol. The van der Waals surface area contributed by atoms with Crippen LogP contribution in [0.25, 0.3) is 0 Å². The topological polar surface area (TPSA) is 39.1 Å². The first-order valence-corrected chi connectivity index (χ1v) is 6.75. The number of hydrogen-bond acceptors (Lipinski definition) is 3. The van der Waals surface area contributed by atoms with E-state index in [2.05, 4.69) is 14.9 Å². The fraction of sp³-hybridized carbons (Fsp3) is 0.769. The highest BCUT2D eigenvalue weighted by Crippen LogP contribution is 2.28. The first-order chi connectivity index (χ1) is 8.43. The Hall–Kier alpha value is -0.870. The van der Waals surface area contributed by atoms with Crippen LogP contribution in [0, 0.1) is 5.92 Å². The third kappa shape index (κ3) is 2.87. The van der Waals surface area contributed by atoms with Crippen LogP contribution in [0.4, 0.5) is 0 Å². The van der Waals surface area contributed by atoms with Crippen LogP contribution in [-0.4, -0.2) is 29.3 Å². The molecule has 1 aromatic heterocycles. The molecule has 0 atom stereocenters. The lowest BCUT2D eigenvalue weighted by Gasteiger charge is -2.15.